The highest BCUT2D eigenvalue weighted by molar-refractivity contribution is 6.11. The van der Waals surface area contributed by atoms with Gasteiger partial charge in [0.1, 0.15) is 0 Å². The fraction of sp³-hybridized carbons (Fsp3) is 0.246. The summed E-state index contributed by atoms with van der Waals surface area (Å²) in [5.41, 5.74) is 11.7. The largest absolute Gasteiger partial charge is 0.416 e. The van der Waals surface area contributed by atoms with Gasteiger partial charge in [-0.2, -0.15) is 13.2 Å². The van der Waals surface area contributed by atoms with Crippen LogP contribution >= 0.6 is 0 Å². The molecule has 3 heterocycles. The van der Waals surface area contributed by atoms with Gasteiger partial charge in [-0.05, 0) is 140 Å². The zero-order valence-corrected chi connectivity index (χ0v) is 46.4. The first-order chi connectivity index (χ1) is 36.8. The number of nitrogens with zero attached hydrogens (tertiary/aromatic N) is 6. The van der Waals surface area contributed by atoms with Gasteiger partial charge in [-0.25, -0.2) is 19.8 Å². The van der Waals surface area contributed by atoms with E-state index in [2.05, 4.69) is 171 Å². The molecule has 390 valence electrons. The molecule has 0 radical (unpaired) electrons. The molecule has 0 aliphatic carbocycles. The molecule has 6 nitrogen and oxygen atoms in total. The van der Waals surface area contributed by atoms with Crippen molar-refractivity contribution in [3.05, 3.63) is 203 Å². The Balaban J connectivity index is 1.25. The van der Waals surface area contributed by atoms with Crippen LogP contribution in [0.15, 0.2) is 164 Å². The Morgan fingerprint density at radius 3 is 1.22 bits per heavy atom. The van der Waals surface area contributed by atoms with E-state index in [9.17, 15) is 0 Å². The quantitative estimate of drug-likeness (QED) is 0.156. The number of hydrogen-bond acceptors (Lipinski definition) is 3. The summed E-state index contributed by atoms with van der Waals surface area (Å²) >= 11 is 0. The number of rotatable bonds is 6. The van der Waals surface area contributed by atoms with Crippen LogP contribution in [0.1, 0.15) is 111 Å². The minimum absolute atomic E-state index is 0.118. The van der Waals surface area contributed by atoms with Gasteiger partial charge in [-0.3, -0.25) is 0 Å². The molecule has 11 aromatic rings. The summed E-state index contributed by atoms with van der Waals surface area (Å²) in [5, 5.41) is 4.09. The van der Waals surface area contributed by atoms with Crippen molar-refractivity contribution in [2.75, 3.05) is 0 Å². The van der Waals surface area contributed by atoms with Crippen LogP contribution in [0.2, 0.25) is 0 Å². The number of fused-ring (bicyclic) bond motifs is 6. The van der Waals surface area contributed by atoms with Gasteiger partial charge in [-0.1, -0.05) is 162 Å². The molecule has 3 aromatic heterocycles. The fourth-order valence-corrected chi connectivity index (χ4v) is 10.7. The Bertz CT molecular complexity index is 4090. The number of hydrogen-bond donors (Lipinski definition) is 0. The third-order valence-corrected chi connectivity index (χ3v) is 15.3. The summed E-state index contributed by atoms with van der Waals surface area (Å²) in [4.78, 5) is 19.7. The lowest BCUT2D eigenvalue weighted by Crippen LogP contribution is -2.11. The Morgan fingerprint density at radius 2 is 0.769 bits per heavy atom. The van der Waals surface area contributed by atoms with Gasteiger partial charge in [-0.15, -0.1) is 0 Å². The molecule has 9 heteroatoms. The molecule has 11 rings (SSSR count). The molecule has 0 aliphatic heterocycles. The van der Waals surface area contributed by atoms with Crippen molar-refractivity contribution in [2.45, 2.75) is 111 Å². The lowest BCUT2D eigenvalue weighted by Gasteiger charge is -2.20. The lowest BCUT2D eigenvalue weighted by molar-refractivity contribution is -0.137. The maximum atomic E-state index is 15.2. The van der Waals surface area contributed by atoms with E-state index in [-0.39, 0.29) is 33.2 Å². The third-order valence-electron chi connectivity index (χ3n) is 15.3. The third kappa shape index (κ3) is 9.31. The van der Waals surface area contributed by atoms with Gasteiger partial charge in [0.2, 0.25) is 0 Å². The summed E-state index contributed by atoms with van der Waals surface area (Å²) in [5.74, 6) is 0.877. The molecule has 0 aliphatic rings. The topological polar surface area (TPSA) is 52.9 Å². The number of benzene rings is 8. The highest BCUT2D eigenvalue weighted by Crippen LogP contribution is 2.45. The molecule has 8 aromatic carbocycles. The summed E-state index contributed by atoms with van der Waals surface area (Å²) < 4.78 is 49.9. The molecule has 0 saturated carbocycles. The molecular weight excluding hydrogens is 970 g/mol. The molecule has 0 saturated heterocycles. The van der Waals surface area contributed by atoms with E-state index in [1.807, 2.05) is 65.2 Å². The van der Waals surface area contributed by atoms with Crippen LogP contribution in [0, 0.1) is 6.57 Å². The van der Waals surface area contributed by atoms with Crippen LogP contribution < -0.4 is 0 Å². The summed E-state index contributed by atoms with van der Waals surface area (Å²) in [6, 6.07) is 53.3. The average molecular weight is 1030 g/mol. The molecule has 0 atom stereocenters. The van der Waals surface area contributed by atoms with Crippen LogP contribution in [-0.4, -0.2) is 24.1 Å². The normalized spacial score (nSPS) is 12.8. The summed E-state index contributed by atoms with van der Waals surface area (Å²) in [7, 11) is 0. The fourth-order valence-electron chi connectivity index (χ4n) is 10.7. The van der Waals surface area contributed by atoms with Crippen molar-refractivity contribution < 1.29 is 13.2 Å². The molecule has 0 amide bonds. The smallest absolute Gasteiger partial charge is 0.309 e. The number of alkyl halides is 3. The second kappa shape index (κ2) is 18.4. The van der Waals surface area contributed by atoms with Crippen molar-refractivity contribution in [1.29, 1.82) is 0 Å². The van der Waals surface area contributed by atoms with Crippen LogP contribution in [-0.2, 0) is 27.8 Å². The summed E-state index contributed by atoms with van der Waals surface area (Å²) in [6.07, 6.45) is -4.66. The van der Waals surface area contributed by atoms with Crippen LogP contribution in [0.3, 0.4) is 0 Å². The van der Waals surface area contributed by atoms with E-state index in [1.165, 1.54) is 23.3 Å². The van der Waals surface area contributed by atoms with Gasteiger partial charge >= 0.3 is 6.18 Å². The van der Waals surface area contributed by atoms with E-state index in [0.717, 1.165) is 77.6 Å². The van der Waals surface area contributed by atoms with E-state index in [0.29, 0.717) is 34.0 Å². The number of halogens is 3. The molecule has 0 fully saturated rings. The highest BCUT2D eigenvalue weighted by Gasteiger charge is 2.33. The maximum absolute atomic E-state index is 15.2. The van der Waals surface area contributed by atoms with Gasteiger partial charge in [0.05, 0.1) is 45.6 Å². The van der Waals surface area contributed by atoms with Crippen molar-refractivity contribution in [3.8, 4) is 56.7 Å². The second-order valence-electron chi connectivity index (χ2n) is 24.9. The Morgan fingerprint density at radius 1 is 0.359 bits per heavy atom. The molecular formula is C69H63F3N6. The highest BCUT2D eigenvalue weighted by atomic mass is 19.4. The van der Waals surface area contributed by atoms with E-state index >= 15 is 13.2 Å². The lowest BCUT2D eigenvalue weighted by atomic mass is 9.85. The van der Waals surface area contributed by atoms with Crippen molar-refractivity contribution in [3.63, 3.8) is 0 Å². The molecule has 0 unspecified atom stereocenters. The first kappa shape index (κ1) is 51.7. The first-order valence-electron chi connectivity index (χ1n) is 26.6. The van der Waals surface area contributed by atoms with Crippen molar-refractivity contribution >= 4 is 49.3 Å². The monoisotopic (exact) mass is 1030 g/mol. The van der Waals surface area contributed by atoms with E-state index < -0.39 is 11.7 Å². The Labute approximate surface area is 455 Å². The van der Waals surface area contributed by atoms with Crippen molar-refractivity contribution in [1.82, 2.24) is 24.1 Å². The first-order valence-corrected chi connectivity index (χ1v) is 26.6. The zero-order chi connectivity index (χ0) is 55.4. The van der Waals surface area contributed by atoms with Gasteiger partial charge in [0, 0.05) is 38.2 Å². The standard InChI is InChI=1S/C69H63F3N6/c1-65(2,3)44-24-30-56-51(36-44)52-37-45(66(4,5)6)25-31-57(52)77(56)60-29-22-43(42-20-17-21-49(34-42)73-13)35-55(60)64-75-62(41-18-15-14-16-19-41)74-63(76-64)50-28-23-48(69(70,71)72)40-61(50)78-58-32-26-46(67(7,8)9)38-53(58)54-39-47(68(10,11)12)27-33-59(54)78/h14-40H,1-12H3. The van der Waals surface area contributed by atoms with E-state index in [1.54, 1.807) is 6.07 Å². The summed E-state index contributed by atoms with van der Waals surface area (Å²) in [6.45, 7) is 34.2. The Hall–Kier alpha value is -8.35. The zero-order valence-electron chi connectivity index (χ0n) is 46.4. The van der Waals surface area contributed by atoms with Crippen LogP contribution in [0.4, 0.5) is 18.9 Å². The Kier molecular flexibility index (Phi) is 12.2. The van der Waals surface area contributed by atoms with Crippen LogP contribution in [0.25, 0.3) is 105 Å². The van der Waals surface area contributed by atoms with Crippen molar-refractivity contribution in [2.24, 2.45) is 0 Å². The predicted octanol–water partition coefficient (Wildman–Crippen LogP) is 19.5. The van der Waals surface area contributed by atoms with E-state index in [4.69, 9.17) is 21.5 Å². The SMILES string of the molecule is [C-]#[N+]c1cccc(-c2ccc(-n3c4ccc(C(C)(C)C)cc4c4cc(C(C)(C)C)ccc43)c(-c3nc(-c4ccccc4)nc(-c4ccc(C(F)(F)F)cc4-n4c5ccc(C(C)(C)C)cc5c5cc(C(C)(C)C)ccc54)n3)c2)c1. The van der Waals surface area contributed by atoms with Gasteiger partial charge in [0.15, 0.2) is 23.2 Å². The molecule has 0 bridgehead atoms. The maximum Gasteiger partial charge on any atom is 0.416 e. The minimum Gasteiger partial charge on any atom is -0.309 e. The van der Waals surface area contributed by atoms with Crippen LogP contribution in [0.5, 0.6) is 0 Å². The van der Waals surface area contributed by atoms with Gasteiger partial charge in [0.25, 0.3) is 0 Å². The average Bonchev–Trinajstić information content (AvgIpc) is 4.12. The second-order valence-corrected chi connectivity index (χ2v) is 24.9. The molecule has 0 spiro atoms. The molecule has 0 N–H and O–H groups in total. The minimum atomic E-state index is -4.66. The molecule has 78 heavy (non-hydrogen) atoms. The predicted molar refractivity (Wildman–Crippen MR) is 316 cm³/mol. The number of aromatic nitrogens is 5. The van der Waals surface area contributed by atoms with Gasteiger partial charge < -0.3 is 9.13 Å².